The zero-order valence-corrected chi connectivity index (χ0v) is 10.2. The first-order valence-corrected chi connectivity index (χ1v) is 6.52. The summed E-state index contributed by atoms with van der Waals surface area (Å²) in [6.45, 7) is 0.765. The van der Waals surface area contributed by atoms with Crippen molar-refractivity contribution in [3.05, 3.63) is 24.3 Å². The van der Waals surface area contributed by atoms with Gasteiger partial charge in [0, 0.05) is 0 Å². The van der Waals surface area contributed by atoms with Gasteiger partial charge in [-0.1, -0.05) is 12.1 Å². The van der Waals surface area contributed by atoms with Gasteiger partial charge in [-0.25, -0.2) is 0 Å². The molecule has 0 aromatic heterocycles. The number of unbranched alkanes of at least 4 members (excludes halogenated alkanes) is 1. The number of para-hydroxylation sites is 2. The van der Waals surface area contributed by atoms with Crippen LogP contribution in [0.5, 0.6) is 11.5 Å². The SMILES string of the molecule is COc1ccccc1OCCCCSC. The Labute approximate surface area is 96.0 Å². The van der Waals surface area contributed by atoms with Gasteiger partial charge >= 0.3 is 0 Å². The number of hydrogen-bond acceptors (Lipinski definition) is 3. The van der Waals surface area contributed by atoms with E-state index in [2.05, 4.69) is 6.26 Å². The number of hydrogen-bond donors (Lipinski definition) is 0. The second-order valence-corrected chi connectivity index (χ2v) is 4.18. The zero-order valence-electron chi connectivity index (χ0n) is 9.36. The standard InChI is InChI=1S/C12H18O2S/c1-13-11-7-3-4-8-12(11)14-9-5-6-10-15-2/h3-4,7-8H,5-6,9-10H2,1-2H3. The Morgan fingerprint density at radius 3 is 2.53 bits per heavy atom. The van der Waals surface area contributed by atoms with E-state index in [0.29, 0.717) is 0 Å². The third-order valence-electron chi connectivity index (χ3n) is 2.07. The van der Waals surface area contributed by atoms with E-state index in [0.717, 1.165) is 24.5 Å². The fourth-order valence-corrected chi connectivity index (χ4v) is 1.76. The molecule has 0 heterocycles. The first-order valence-electron chi connectivity index (χ1n) is 5.13. The fraction of sp³-hybridized carbons (Fsp3) is 0.500. The minimum absolute atomic E-state index is 0.765. The summed E-state index contributed by atoms with van der Waals surface area (Å²) in [6.07, 6.45) is 4.43. The molecule has 0 aliphatic rings. The largest absolute Gasteiger partial charge is 0.493 e. The van der Waals surface area contributed by atoms with Crippen LogP contribution >= 0.6 is 11.8 Å². The first kappa shape index (κ1) is 12.2. The maximum Gasteiger partial charge on any atom is 0.161 e. The van der Waals surface area contributed by atoms with Crippen molar-refractivity contribution in [2.75, 3.05) is 25.7 Å². The van der Waals surface area contributed by atoms with Gasteiger partial charge in [0.15, 0.2) is 11.5 Å². The van der Waals surface area contributed by atoms with Gasteiger partial charge in [0.25, 0.3) is 0 Å². The molecule has 2 nitrogen and oxygen atoms in total. The lowest BCUT2D eigenvalue weighted by Gasteiger charge is -2.09. The number of benzene rings is 1. The van der Waals surface area contributed by atoms with E-state index in [1.807, 2.05) is 36.0 Å². The van der Waals surface area contributed by atoms with Gasteiger partial charge in [-0.05, 0) is 37.0 Å². The van der Waals surface area contributed by atoms with Crippen molar-refractivity contribution >= 4 is 11.8 Å². The molecule has 3 heteroatoms. The third kappa shape index (κ3) is 4.47. The van der Waals surface area contributed by atoms with Crippen LogP contribution in [0.4, 0.5) is 0 Å². The Bertz CT molecular complexity index is 276. The average molecular weight is 226 g/mol. The Morgan fingerprint density at radius 1 is 1.13 bits per heavy atom. The summed E-state index contributed by atoms with van der Waals surface area (Å²) in [4.78, 5) is 0. The molecule has 0 fully saturated rings. The highest BCUT2D eigenvalue weighted by atomic mass is 32.2. The molecule has 84 valence electrons. The van der Waals surface area contributed by atoms with E-state index in [-0.39, 0.29) is 0 Å². The van der Waals surface area contributed by atoms with Gasteiger partial charge in [0.2, 0.25) is 0 Å². The second kappa shape index (κ2) is 7.46. The number of methoxy groups -OCH3 is 1. The minimum Gasteiger partial charge on any atom is -0.493 e. The molecule has 1 rings (SSSR count). The van der Waals surface area contributed by atoms with Crippen LogP contribution in [-0.4, -0.2) is 25.7 Å². The number of rotatable bonds is 7. The summed E-state index contributed by atoms with van der Waals surface area (Å²) in [5.41, 5.74) is 0. The lowest BCUT2D eigenvalue weighted by Crippen LogP contribution is -1.99. The highest BCUT2D eigenvalue weighted by Gasteiger charge is 2.01. The summed E-state index contributed by atoms with van der Waals surface area (Å²) in [6, 6.07) is 7.75. The van der Waals surface area contributed by atoms with Gasteiger partial charge in [-0.3, -0.25) is 0 Å². The fourth-order valence-electron chi connectivity index (χ4n) is 1.27. The van der Waals surface area contributed by atoms with E-state index in [9.17, 15) is 0 Å². The van der Waals surface area contributed by atoms with Crippen molar-refractivity contribution in [3.8, 4) is 11.5 Å². The van der Waals surface area contributed by atoms with Gasteiger partial charge in [-0.15, -0.1) is 0 Å². The predicted molar refractivity (Wildman–Crippen MR) is 66.1 cm³/mol. The van der Waals surface area contributed by atoms with Crippen molar-refractivity contribution in [3.63, 3.8) is 0 Å². The van der Waals surface area contributed by atoms with E-state index in [1.165, 1.54) is 12.2 Å². The lowest BCUT2D eigenvalue weighted by molar-refractivity contribution is 0.288. The van der Waals surface area contributed by atoms with Gasteiger partial charge in [-0.2, -0.15) is 11.8 Å². The van der Waals surface area contributed by atoms with E-state index in [4.69, 9.17) is 9.47 Å². The van der Waals surface area contributed by atoms with E-state index >= 15 is 0 Å². The first-order chi connectivity index (χ1) is 7.38. The molecule has 0 amide bonds. The molecule has 0 saturated heterocycles. The normalized spacial score (nSPS) is 10.0. The highest BCUT2D eigenvalue weighted by molar-refractivity contribution is 7.98. The van der Waals surface area contributed by atoms with Gasteiger partial charge in [0.1, 0.15) is 0 Å². The Morgan fingerprint density at radius 2 is 1.87 bits per heavy atom. The number of ether oxygens (including phenoxy) is 2. The summed E-state index contributed by atoms with van der Waals surface area (Å²) >= 11 is 1.88. The monoisotopic (exact) mass is 226 g/mol. The number of thioether (sulfide) groups is 1. The van der Waals surface area contributed by atoms with Crippen molar-refractivity contribution in [2.45, 2.75) is 12.8 Å². The molecule has 0 spiro atoms. The molecule has 0 atom stereocenters. The van der Waals surface area contributed by atoms with Crippen LogP contribution in [0, 0.1) is 0 Å². The van der Waals surface area contributed by atoms with Crippen molar-refractivity contribution < 1.29 is 9.47 Å². The molecule has 0 aliphatic carbocycles. The zero-order chi connectivity index (χ0) is 10.9. The van der Waals surface area contributed by atoms with Gasteiger partial charge < -0.3 is 9.47 Å². The quantitative estimate of drug-likeness (QED) is 0.665. The molecule has 0 N–H and O–H groups in total. The van der Waals surface area contributed by atoms with Crippen LogP contribution in [0.3, 0.4) is 0 Å². The maximum absolute atomic E-state index is 5.64. The highest BCUT2D eigenvalue weighted by Crippen LogP contribution is 2.25. The summed E-state index contributed by atoms with van der Waals surface area (Å²) in [7, 11) is 1.66. The molecule has 0 saturated carbocycles. The summed E-state index contributed by atoms with van der Waals surface area (Å²) in [5.74, 6) is 2.85. The molecule has 1 aromatic rings. The molecule has 0 bridgehead atoms. The van der Waals surface area contributed by atoms with Crippen LogP contribution in [0.1, 0.15) is 12.8 Å². The Kier molecular flexibility index (Phi) is 6.09. The Balaban J connectivity index is 2.30. The van der Waals surface area contributed by atoms with Crippen LogP contribution in [0.25, 0.3) is 0 Å². The van der Waals surface area contributed by atoms with E-state index in [1.54, 1.807) is 7.11 Å². The van der Waals surface area contributed by atoms with Crippen LogP contribution < -0.4 is 9.47 Å². The van der Waals surface area contributed by atoms with Crippen LogP contribution in [-0.2, 0) is 0 Å². The van der Waals surface area contributed by atoms with Crippen molar-refractivity contribution in [2.24, 2.45) is 0 Å². The van der Waals surface area contributed by atoms with Crippen molar-refractivity contribution in [1.29, 1.82) is 0 Å². The Hall–Kier alpha value is -0.830. The molecular formula is C12H18O2S. The maximum atomic E-state index is 5.64. The predicted octanol–water partition coefficient (Wildman–Crippen LogP) is 3.22. The van der Waals surface area contributed by atoms with Crippen molar-refractivity contribution in [1.82, 2.24) is 0 Å². The molecule has 0 radical (unpaired) electrons. The third-order valence-corrected chi connectivity index (χ3v) is 2.77. The lowest BCUT2D eigenvalue weighted by atomic mass is 10.3. The van der Waals surface area contributed by atoms with Crippen LogP contribution in [0.15, 0.2) is 24.3 Å². The topological polar surface area (TPSA) is 18.5 Å². The molecule has 1 aromatic carbocycles. The molecular weight excluding hydrogens is 208 g/mol. The van der Waals surface area contributed by atoms with E-state index < -0.39 is 0 Å². The minimum atomic E-state index is 0.765. The van der Waals surface area contributed by atoms with Gasteiger partial charge in [0.05, 0.1) is 13.7 Å². The molecule has 0 unspecified atom stereocenters. The second-order valence-electron chi connectivity index (χ2n) is 3.20. The summed E-state index contributed by atoms with van der Waals surface area (Å²) < 4.78 is 10.8. The molecule has 0 aliphatic heterocycles. The van der Waals surface area contributed by atoms with Crippen LogP contribution in [0.2, 0.25) is 0 Å². The smallest absolute Gasteiger partial charge is 0.161 e. The summed E-state index contributed by atoms with van der Waals surface area (Å²) in [5, 5.41) is 0. The average Bonchev–Trinajstić information content (AvgIpc) is 2.29. The molecule has 15 heavy (non-hydrogen) atoms.